The Balaban J connectivity index is 1.96. The van der Waals surface area contributed by atoms with Gasteiger partial charge in [0.15, 0.2) is 0 Å². The van der Waals surface area contributed by atoms with Crippen molar-refractivity contribution in [3.63, 3.8) is 0 Å². The summed E-state index contributed by atoms with van der Waals surface area (Å²) in [5.41, 5.74) is 3.15. The summed E-state index contributed by atoms with van der Waals surface area (Å²) in [6, 6.07) is 9.37. The lowest BCUT2D eigenvalue weighted by Crippen LogP contribution is -2.15. The van der Waals surface area contributed by atoms with E-state index >= 15 is 0 Å². The zero-order valence-electron chi connectivity index (χ0n) is 11.9. The summed E-state index contributed by atoms with van der Waals surface area (Å²) in [5.74, 6) is 0.901. The highest BCUT2D eigenvalue weighted by Crippen LogP contribution is 2.23. The molecule has 0 aliphatic heterocycles. The van der Waals surface area contributed by atoms with Gasteiger partial charge in [0, 0.05) is 30.9 Å². The number of pyridine rings is 1. The van der Waals surface area contributed by atoms with Crippen LogP contribution < -0.4 is 10.1 Å². The Bertz CT molecular complexity index is 570. The maximum atomic E-state index is 9.88. The first-order valence-corrected chi connectivity index (χ1v) is 6.74. The van der Waals surface area contributed by atoms with Crippen LogP contribution in [-0.2, 0) is 19.5 Å². The van der Waals surface area contributed by atoms with Crippen LogP contribution in [0.15, 0.2) is 36.5 Å². The number of aryl methyl sites for hydroxylation is 1. The second kappa shape index (κ2) is 6.91. The molecule has 2 rings (SSSR count). The molecule has 0 saturated heterocycles. The molecular formula is C16H20N2O2. The molecule has 0 radical (unpaired) electrons. The number of phenolic OH excluding ortho intramolecular Hbond substituents is 1. The van der Waals surface area contributed by atoms with Crippen molar-refractivity contribution in [3.05, 3.63) is 53.3 Å². The van der Waals surface area contributed by atoms with E-state index in [-0.39, 0.29) is 5.75 Å². The highest BCUT2D eigenvalue weighted by molar-refractivity contribution is 5.39. The molecule has 0 unspecified atom stereocenters. The third kappa shape index (κ3) is 3.48. The van der Waals surface area contributed by atoms with E-state index in [9.17, 15) is 5.11 Å². The van der Waals surface area contributed by atoms with Crippen LogP contribution in [-0.4, -0.2) is 17.2 Å². The van der Waals surface area contributed by atoms with Crippen LogP contribution in [0.25, 0.3) is 0 Å². The average molecular weight is 272 g/mol. The van der Waals surface area contributed by atoms with Gasteiger partial charge in [-0.2, -0.15) is 0 Å². The van der Waals surface area contributed by atoms with Crippen LogP contribution in [0.2, 0.25) is 0 Å². The Morgan fingerprint density at radius 2 is 2.05 bits per heavy atom. The third-order valence-corrected chi connectivity index (χ3v) is 3.27. The second-order valence-electron chi connectivity index (χ2n) is 4.56. The fourth-order valence-corrected chi connectivity index (χ4v) is 2.09. The molecule has 2 N–H and O–H groups in total. The quantitative estimate of drug-likeness (QED) is 0.849. The number of benzene rings is 1. The predicted octanol–water partition coefficient (Wildman–Crippen LogP) is 2.65. The number of hydrogen-bond acceptors (Lipinski definition) is 4. The summed E-state index contributed by atoms with van der Waals surface area (Å²) in [6.45, 7) is 3.40. The summed E-state index contributed by atoms with van der Waals surface area (Å²) < 4.78 is 5.06. The van der Waals surface area contributed by atoms with Crippen molar-refractivity contribution in [2.45, 2.75) is 26.4 Å². The van der Waals surface area contributed by atoms with E-state index < -0.39 is 0 Å². The molecule has 0 saturated carbocycles. The maximum Gasteiger partial charge on any atom is 0.123 e. The Labute approximate surface area is 119 Å². The van der Waals surface area contributed by atoms with Gasteiger partial charge in [-0.15, -0.1) is 0 Å². The summed E-state index contributed by atoms with van der Waals surface area (Å²) in [5, 5.41) is 13.2. The number of aromatic hydroxyl groups is 1. The summed E-state index contributed by atoms with van der Waals surface area (Å²) >= 11 is 0. The number of phenols is 1. The second-order valence-corrected chi connectivity index (χ2v) is 4.56. The highest BCUT2D eigenvalue weighted by Gasteiger charge is 2.04. The number of ether oxygens (including phenoxy) is 1. The molecule has 1 aromatic heterocycles. The van der Waals surface area contributed by atoms with Crippen LogP contribution in [0, 0.1) is 0 Å². The van der Waals surface area contributed by atoms with Crippen LogP contribution in [0.4, 0.5) is 0 Å². The molecule has 1 aromatic carbocycles. The van der Waals surface area contributed by atoms with Gasteiger partial charge < -0.3 is 15.2 Å². The number of nitrogens with zero attached hydrogens (tertiary/aromatic N) is 1. The lowest BCUT2D eigenvalue weighted by atomic mass is 10.1. The summed E-state index contributed by atoms with van der Waals surface area (Å²) in [6.07, 6.45) is 2.78. The number of hydrogen-bond donors (Lipinski definition) is 2. The van der Waals surface area contributed by atoms with Gasteiger partial charge in [-0.1, -0.05) is 19.1 Å². The van der Waals surface area contributed by atoms with E-state index in [1.807, 2.05) is 18.2 Å². The van der Waals surface area contributed by atoms with E-state index in [1.165, 1.54) is 5.56 Å². The molecule has 0 fully saturated rings. The fraction of sp³-hybridized carbons (Fsp3) is 0.312. The summed E-state index contributed by atoms with van der Waals surface area (Å²) in [7, 11) is 1.58. The van der Waals surface area contributed by atoms with Gasteiger partial charge in [-0.25, -0.2) is 0 Å². The van der Waals surface area contributed by atoms with Crippen molar-refractivity contribution >= 4 is 0 Å². The van der Waals surface area contributed by atoms with Gasteiger partial charge in [0.25, 0.3) is 0 Å². The SMILES string of the molecule is CCc1cccnc1CNCc1ccc(OC)cc1O. The monoisotopic (exact) mass is 272 g/mol. The summed E-state index contributed by atoms with van der Waals surface area (Å²) in [4.78, 5) is 4.39. The van der Waals surface area contributed by atoms with Crippen molar-refractivity contribution in [1.29, 1.82) is 0 Å². The minimum absolute atomic E-state index is 0.244. The Hall–Kier alpha value is -2.07. The van der Waals surface area contributed by atoms with Crippen molar-refractivity contribution in [2.75, 3.05) is 7.11 Å². The van der Waals surface area contributed by atoms with Crippen LogP contribution in [0.5, 0.6) is 11.5 Å². The molecule has 1 heterocycles. The lowest BCUT2D eigenvalue weighted by molar-refractivity contribution is 0.406. The number of rotatable bonds is 6. The first kappa shape index (κ1) is 14.3. The van der Waals surface area contributed by atoms with E-state index in [4.69, 9.17) is 4.74 Å². The van der Waals surface area contributed by atoms with E-state index in [0.29, 0.717) is 18.8 Å². The molecule has 0 atom stereocenters. The first-order chi connectivity index (χ1) is 9.74. The fourth-order valence-electron chi connectivity index (χ4n) is 2.09. The molecule has 20 heavy (non-hydrogen) atoms. The highest BCUT2D eigenvalue weighted by atomic mass is 16.5. The molecule has 2 aromatic rings. The van der Waals surface area contributed by atoms with Gasteiger partial charge >= 0.3 is 0 Å². The zero-order valence-corrected chi connectivity index (χ0v) is 11.9. The van der Waals surface area contributed by atoms with Crippen molar-refractivity contribution in [3.8, 4) is 11.5 Å². The minimum Gasteiger partial charge on any atom is -0.507 e. The normalized spacial score (nSPS) is 10.5. The van der Waals surface area contributed by atoms with E-state index in [2.05, 4.69) is 23.3 Å². The smallest absolute Gasteiger partial charge is 0.123 e. The maximum absolute atomic E-state index is 9.88. The molecule has 106 valence electrons. The minimum atomic E-state index is 0.244. The topological polar surface area (TPSA) is 54.4 Å². The van der Waals surface area contributed by atoms with Gasteiger partial charge in [-0.05, 0) is 24.1 Å². The molecule has 0 spiro atoms. The van der Waals surface area contributed by atoms with Crippen molar-refractivity contribution in [1.82, 2.24) is 10.3 Å². The van der Waals surface area contributed by atoms with E-state index in [0.717, 1.165) is 17.7 Å². The molecule has 0 aliphatic carbocycles. The molecule has 0 bridgehead atoms. The van der Waals surface area contributed by atoms with Crippen molar-refractivity contribution < 1.29 is 9.84 Å². The van der Waals surface area contributed by atoms with Gasteiger partial charge in [0.1, 0.15) is 11.5 Å². The molecular weight excluding hydrogens is 252 g/mol. The third-order valence-electron chi connectivity index (χ3n) is 3.27. The van der Waals surface area contributed by atoms with Crippen LogP contribution >= 0.6 is 0 Å². The van der Waals surface area contributed by atoms with Crippen LogP contribution in [0.3, 0.4) is 0 Å². The number of aromatic nitrogens is 1. The predicted molar refractivity (Wildman–Crippen MR) is 78.8 cm³/mol. The molecule has 4 nitrogen and oxygen atoms in total. The van der Waals surface area contributed by atoms with Gasteiger partial charge in [0.2, 0.25) is 0 Å². The Morgan fingerprint density at radius 1 is 1.20 bits per heavy atom. The van der Waals surface area contributed by atoms with Crippen LogP contribution in [0.1, 0.15) is 23.7 Å². The Kier molecular flexibility index (Phi) is 4.96. The van der Waals surface area contributed by atoms with Gasteiger partial charge in [0.05, 0.1) is 12.8 Å². The number of nitrogens with one attached hydrogen (secondary N) is 1. The van der Waals surface area contributed by atoms with Crippen molar-refractivity contribution in [2.24, 2.45) is 0 Å². The average Bonchev–Trinajstić information content (AvgIpc) is 2.49. The molecule has 0 amide bonds. The van der Waals surface area contributed by atoms with Gasteiger partial charge in [-0.3, -0.25) is 4.98 Å². The standard InChI is InChI=1S/C16H20N2O2/c1-3-12-5-4-8-18-15(12)11-17-10-13-6-7-14(20-2)9-16(13)19/h4-9,17,19H,3,10-11H2,1-2H3. The van der Waals surface area contributed by atoms with E-state index in [1.54, 1.807) is 19.4 Å². The zero-order chi connectivity index (χ0) is 14.4. The largest absolute Gasteiger partial charge is 0.507 e. The first-order valence-electron chi connectivity index (χ1n) is 6.74. The lowest BCUT2D eigenvalue weighted by Gasteiger charge is -2.10. The molecule has 0 aliphatic rings. The molecule has 4 heteroatoms. The Morgan fingerprint density at radius 3 is 2.75 bits per heavy atom. The number of methoxy groups -OCH3 is 1.